The van der Waals surface area contributed by atoms with Crippen LogP contribution in [0.1, 0.15) is 19.3 Å². The van der Waals surface area contributed by atoms with Crippen molar-refractivity contribution in [2.24, 2.45) is 0 Å². The second kappa shape index (κ2) is 8.70. The molecule has 2 aliphatic rings. The van der Waals surface area contributed by atoms with Crippen LogP contribution < -0.4 is 10.2 Å². The van der Waals surface area contributed by atoms with Crippen LogP contribution in [0.25, 0.3) is 0 Å². The fraction of sp³-hybridized carbons (Fsp3) is 0.611. The molecular weight excluding hydrogens is 326 g/mol. The predicted molar refractivity (Wildman–Crippen MR) is 96.7 cm³/mol. The number of hydrogen-bond donors (Lipinski definition) is 1. The lowest BCUT2D eigenvalue weighted by Gasteiger charge is -2.36. The molecule has 1 aromatic rings. The van der Waals surface area contributed by atoms with Crippen molar-refractivity contribution in [1.82, 2.24) is 10.2 Å². The van der Waals surface area contributed by atoms with Gasteiger partial charge in [-0.25, -0.2) is 0 Å². The summed E-state index contributed by atoms with van der Waals surface area (Å²) in [4.78, 5) is 16.6. The molecule has 0 saturated carbocycles. The zero-order chi connectivity index (χ0) is 16.8. The minimum atomic E-state index is 0.237. The van der Waals surface area contributed by atoms with Gasteiger partial charge >= 0.3 is 0 Å². The number of anilines is 1. The first kappa shape index (κ1) is 17.5. The maximum atomic E-state index is 12.3. The monoisotopic (exact) mass is 351 g/mol. The summed E-state index contributed by atoms with van der Waals surface area (Å²) in [6.07, 6.45) is 3.18. The molecule has 0 spiro atoms. The quantitative estimate of drug-likeness (QED) is 0.798. The van der Waals surface area contributed by atoms with Gasteiger partial charge < -0.3 is 19.9 Å². The van der Waals surface area contributed by atoms with Gasteiger partial charge in [-0.15, -0.1) is 0 Å². The van der Waals surface area contributed by atoms with Gasteiger partial charge in [0.05, 0.1) is 6.10 Å². The predicted octanol–water partition coefficient (Wildman–Crippen LogP) is 2.15. The summed E-state index contributed by atoms with van der Waals surface area (Å²) in [5.74, 6) is 0.237. The van der Waals surface area contributed by atoms with E-state index in [1.165, 1.54) is 0 Å². The first-order valence-electron chi connectivity index (χ1n) is 8.83. The molecule has 2 saturated heterocycles. The summed E-state index contributed by atoms with van der Waals surface area (Å²) < 4.78 is 5.57. The molecule has 1 aromatic carbocycles. The Morgan fingerprint density at radius 3 is 2.83 bits per heavy atom. The first-order chi connectivity index (χ1) is 11.7. The van der Waals surface area contributed by atoms with E-state index in [-0.39, 0.29) is 5.91 Å². The van der Waals surface area contributed by atoms with Crippen molar-refractivity contribution >= 4 is 23.2 Å². The van der Waals surface area contributed by atoms with Crippen molar-refractivity contribution in [1.29, 1.82) is 0 Å². The third kappa shape index (κ3) is 4.85. The number of hydrogen-bond acceptors (Lipinski definition) is 4. The van der Waals surface area contributed by atoms with Gasteiger partial charge in [0.25, 0.3) is 0 Å². The molecule has 0 radical (unpaired) electrons. The number of carbonyl (C=O) groups excluding carboxylic acids is 1. The molecule has 6 heteroatoms. The summed E-state index contributed by atoms with van der Waals surface area (Å²) in [7, 11) is 0. The smallest absolute Gasteiger partial charge is 0.223 e. The van der Waals surface area contributed by atoms with Gasteiger partial charge in [-0.2, -0.15) is 0 Å². The Morgan fingerprint density at radius 1 is 1.29 bits per heavy atom. The number of amides is 1. The van der Waals surface area contributed by atoms with Gasteiger partial charge in [-0.3, -0.25) is 4.79 Å². The van der Waals surface area contributed by atoms with E-state index >= 15 is 0 Å². The van der Waals surface area contributed by atoms with Crippen molar-refractivity contribution in [3.8, 4) is 0 Å². The van der Waals surface area contributed by atoms with E-state index in [9.17, 15) is 4.79 Å². The van der Waals surface area contributed by atoms with Crippen LogP contribution in [0.4, 0.5) is 5.69 Å². The number of piperazine rings is 1. The molecule has 1 amide bonds. The second-order valence-electron chi connectivity index (χ2n) is 6.44. The van der Waals surface area contributed by atoms with Crippen LogP contribution in [-0.2, 0) is 9.53 Å². The van der Waals surface area contributed by atoms with Crippen LogP contribution in [0, 0.1) is 0 Å². The molecular formula is C18H26ClN3O2. The maximum Gasteiger partial charge on any atom is 0.223 e. The van der Waals surface area contributed by atoms with Crippen LogP contribution in [0.5, 0.6) is 0 Å². The zero-order valence-corrected chi connectivity index (χ0v) is 14.8. The van der Waals surface area contributed by atoms with Crippen LogP contribution in [0.2, 0.25) is 5.02 Å². The van der Waals surface area contributed by atoms with E-state index in [1.807, 2.05) is 23.1 Å². The number of nitrogens with zero attached hydrogens (tertiary/aromatic N) is 2. The van der Waals surface area contributed by atoms with Crippen molar-refractivity contribution in [2.75, 3.05) is 50.8 Å². The minimum Gasteiger partial charge on any atom is -0.377 e. The Hall–Kier alpha value is -1.30. The molecule has 3 rings (SSSR count). The standard InChI is InChI=1S/C18H26ClN3O2/c19-15-3-1-4-16(13-15)21-8-10-22(11-9-21)18(23)6-7-20-14-17-5-2-12-24-17/h1,3-4,13,17,20H,2,5-12,14H2. The summed E-state index contributed by atoms with van der Waals surface area (Å²) in [6.45, 7) is 5.73. The molecule has 24 heavy (non-hydrogen) atoms. The van der Waals surface area contributed by atoms with E-state index in [1.54, 1.807) is 0 Å². The maximum absolute atomic E-state index is 12.3. The average molecular weight is 352 g/mol. The van der Waals surface area contributed by atoms with E-state index < -0.39 is 0 Å². The lowest BCUT2D eigenvalue weighted by molar-refractivity contribution is -0.131. The number of nitrogens with one attached hydrogen (secondary N) is 1. The van der Waals surface area contributed by atoms with E-state index in [2.05, 4.69) is 16.3 Å². The van der Waals surface area contributed by atoms with Crippen LogP contribution in [-0.4, -0.2) is 62.8 Å². The first-order valence-corrected chi connectivity index (χ1v) is 9.21. The topological polar surface area (TPSA) is 44.8 Å². The third-order valence-corrected chi connectivity index (χ3v) is 4.95. The SMILES string of the molecule is O=C(CCNCC1CCCO1)N1CCN(c2cccc(Cl)c2)CC1. The largest absolute Gasteiger partial charge is 0.377 e. The highest BCUT2D eigenvalue weighted by atomic mass is 35.5. The van der Waals surface area contributed by atoms with Crippen LogP contribution >= 0.6 is 11.6 Å². The Morgan fingerprint density at radius 2 is 2.12 bits per heavy atom. The molecule has 2 aliphatic heterocycles. The van der Waals surface area contributed by atoms with Gasteiger partial charge in [-0.1, -0.05) is 17.7 Å². The van der Waals surface area contributed by atoms with E-state index in [0.29, 0.717) is 12.5 Å². The fourth-order valence-electron chi connectivity index (χ4n) is 3.31. The molecule has 0 aliphatic carbocycles. The third-order valence-electron chi connectivity index (χ3n) is 4.72. The summed E-state index contributed by atoms with van der Waals surface area (Å²) in [5, 5.41) is 4.09. The normalized spacial score (nSPS) is 21.3. The molecule has 1 unspecified atom stereocenters. The van der Waals surface area contributed by atoms with Gasteiger partial charge in [0.2, 0.25) is 5.91 Å². The van der Waals surface area contributed by atoms with Crippen molar-refractivity contribution in [3.63, 3.8) is 0 Å². The molecule has 1 N–H and O–H groups in total. The molecule has 132 valence electrons. The van der Waals surface area contributed by atoms with Crippen molar-refractivity contribution in [3.05, 3.63) is 29.3 Å². The summed E-state index contributed by atoms with van der Waals surface area (Å²) >= 11 is 6.05. The fourth-order valence-corrected chi connectivity index (χ4v) is 3.49. The van der Waals surface area contributed by atoms with Crippen molar-refractivity contribution < 1.29 is 9.53 Å². The van der Waals surface area contributed by atoms with Crippen molar-refractivity contribution in [2.45, 2.75) is 25.4 Å². The molecule has 5 nitrogen and oxygen atoms in total. The van der Waals surface area contributed by atoms with Crippen LogP contribution in [0.15, 0.2) is 24.3 Å². The Bertz CT molecular complexity index is 541. The molecule has 2 fully saturated rings. The minimum absolute atomic E-state index is 0.237. The highest BCUT2D eigenvalue weighted by Crippen LogP contribution is 2.20. The van der Waals surface area contributed by atoms with Gasteiger partial charge in [0.15, 0.2) is 0 Å². The number of halogens is 1. The molecule has 2 heterocycles. The van der Waals surface area contributed by atoms with Crippen LogP contribution in [0.3, 0.4) is 0 Å². The lowest BCUT2D eigenvalue weighted by atomic mass is 10.2. The highest BCUT2D eigenvalue weighted by Gasteiger charge is 2.21. The zero-order valence-electron chi connectivity index (χ0n) is 14.0. The number of ether oxygens (including phenoxy) is 1. The number of rotatable bonds is 6. The Kier molecular flexibility index (Phi) is 6.35. The Labute approximate surface area is 148 Å². The number of carbonyl (C=O) groups is 1. The van der Waals surface area contributed by atoms with E-state index in [0.717, 1.165) is 69.4 Å². The summed E-state index contributed by atoms with van der Waals surface area (Å²) in [5.41, 5.74) is 1.13. The summed E-state index contributed by atoms with van der Waals surface area (Å²) in [6, 6.07) is 7.90. The second-order valence-corrected chi connectivity index (χ2v) is 6.87. The van der Waals surface area contributed by atoms with E-state index in [4.69, 9.17) is 16.3 Å². The Balaban J connectivity index is 1.35. The molecule has 0 aromatic heterocycles. The lowest BCUT2D eigenvalue weighted by Crippen LogP contribution is -2.49. The number of benzene rings is 1. The van der Waals surface area contributed by atoms with Gasteiger partial charge in [0.1, 0.15) is 0 Å². The highest BCUT2D eigenvalue weighted by molar-refractivity contribution is 6.30. The van der Waals surface area contributed by atoms with Gasteiger partial charge in [0, 0.05) is 63.0 Å². The average Bonchev–Trinajstić information content (AvgIpc) is 3.12. The molecule has 1 atom stereocenters. The van der Waals surface area contributed by atoms with Gasteiger partial charge in [-0.05, 0) is 31.0 Å². The molecule has 0 bridgehead atoms.